The van der Waals surface area contributed by atoms with E-state index in [4.69, 9.17) is 0 Å². The maximum atomic E-state index is 3.94. The predicted molar refractivity (Wildman–Crippen MR) is 143 cm³/mol. The molecule has 4 rings (SSSR count). The van der Waals surface area contributed by atoms with Gasteiger partial charge in [0.2, 0.25) is 0 Å². The topological polar surface area (TPSA) is 15.3 Å². The molecule has 2 nitrogen and oxygen atoms in total. The Morgan fingerprint density at radius 3 is 0.938 bits per heavy atom. The zero-order valence-corrected chi connectivity index (χ0v) is 20.7. The van der Waals surface area contributed by atoms with Crippen molar-refractivity contribution in [3.05, 3.63) is 121 Å². The SMILES string of the molecule is CC(C)(C)NN(P(c1ccccc1)c1ccccc1)P(c1ccccc1)c1ccccc1. The van der Waals surface area contributed by atoms with Crippen LogP contribution in [0.3, 0.4) is 0 Å². The molecule has 4 aromatic rings. The van der Waals surface area contributed by atoms with E-state index in [9.17, 15) is 0 Å². The summed E-state index contributed by atoms with van der Waals surface area (Å²) in [5, 5.41) is 5.35. The van der Waals surface area contributed by atoms with E-state index < -0.39 is 16.1 Å². The summed E-state index contributed by atoms with van der Waals surface area (Å²) in [6.07, 6.45) is 0. The van der Waals surface area contributed by atoms with Crippen molar-refractivity contribution in [2.24, 2.45) is 0 Å². The lowest BCUT2D eigenvalue weighted by Crippen LogP contribution is -2.49. The largest absolute Gasteiger partial charge is 0.242 e. The summed E-state index contributed by atoms with van der Waals surface area (Å²) in [5.41, 5.74) is 3.85. The van der Waals surface area contributed by atoms with Gasteiger partial charge in [-0.05, 0) is 42.0 Å². The summed E-state index contributed by atoms with van der Waals surface area (Å²) in [6.45, 7) is 6.73. The second-order valence-corrected chi connectivity index (χ2v) is 13.0. The minimum Gasteiger partial charge on any atom is -0.242 e. The van der Waals surface area contributed by atoms with Gasteiger partial charge in [0.25, 0.3) is 0 Å². The first-order valence-corrected chi connectivity index (χ1v) is 13.5. The van der Waals surface area contributed by atoms with Crippen molar-refractivity contribution in [1.29, 1.82) is 0 Å². The van der Waals surface area contributed by atoms with Gasteiger partial charge >= 0.3 is 0 Å². The Hall–Kier alpha value is -2.34. The lowest BCUT2D eigenvalue weighted by atomic mass is 10.1. The average molecular weight is 457 g/mol. The smallest absolute Gasteiger partial charge is 0.0487 e. The van der Waals surface area contributed by atoms with Gasteiger partial charge in [-0.25, -0.2) is 5.43 Å². The third-order valence-electron chi connectivity index (χ3n) is 4.82. The summed E-state index contributed by atoms with van der Waals surface area (Å²) in [7, 11) is -1.63. The fourth-order valence-corrected chi connectivity index (χ4v) is 9.55. The predicted octanol–water partition coefficient (Wildman–Crippen LogP) is 5.69. The minimum atomic E-state index is -0.814. The van der Waals surface area contributed by atoms with E-state index in [1.807, 2.05) is 0 Å². The van der Waals surface area contributed by atoms with Gasteiger partial charge in [0.05, 0.1) is 0 Å². The molecule has 0 atom stereocenters. The number of hydrogen-bond donors (Lipinski definition) is 1. The monoisotopic (exact) mass is 456 g/mol. The second kappa shape index (κ2) is 10.5. The molecule has 0 saturated carbocycles. The van der Waals surface area contributed by atoms with Crippen LogP contribution in [0.5, 0.6) is 0 Å². The molecule has 0 saturated heterocycles. The highest BCUT2D eigenvalue weighted by atomic mass is 31.2. The van der Waals surface area contributed by atoms with Crippen molar-refractivity contribution in [2.45, 2.75) is 26.3 Å². The van der Waals surface area contributed by atoms with Crippen molar-refractivity contribution in [2.75, 3.05) is 0 Å². The first kappa shape index (κ1) is 22.8. The summed E-state index contributed by atoms with van der Waals surface area (Å²) in [5.74, 6) is 0. The molecular weight excluding hydrogens is 426 g/mol. The Balaban J connectivity index is 1.94. The third kappa shape index (κ3) is 5.71. The molecule has 0 fully saturated rings. The van der Waals surface area contributed by atoms with Crippen molar-refractivity contribution >= 4 is 37.4 Å². The molecule has 0 bridgehead atoms. The van der Waals surface area contributed by atoms with Crippen LogP contribution in [-0.2, 0) is 0 Å². The van der Waals surface area contributed by atoms with Gasteiger partial charge in [-0.1, -0.05) is 121 Å². The fourth-order valence-electron chi connectivity index (χ4n) is 3.50. The number of nitrogens with one attached hydrogen (secondary N) is 1. The van der Waals surface area contributed by atoms with E-state index in [-0.39, 0.29) is 5.54 Å². The van der Waals surface area contributed by atoms with Gasteiger partial charge in [0.1, 0.15) is 0 Å². The van der Waals surface area contributed by atoms with Gasteiger partial charge in [-0.3, -0.25) is 0 Å². The first-order chi connectivity index (χ1) is 15.5. The molecule has 0 aliphatic rings. The number of hydrazine groups is 1. The highest BCUT2D eigenvalue weighted by Gasteiger charge is 2.34. The molecule has 0 amide bonds. The standard InChI is InChI=1S/C28H30N2P2/c1-28(2,3)29-30(31(24-16-8-4-9-17-24)25-18-10-5-11-19-25)32(26-20-12-6-13-21-26)27-22-14-7-15-23-27/h4-23,29H,1-3H3. The lowest BCUT2D eigenvalue weighted by Gasteiger charge is -2.42. The molecule has 0 spiro atoms. The summed E-state index contributed by atoms with van der Waals surface area (Å²) in [6, 6.07) is 43.7. The average Bonchev–Trinajstić information content (AvgIpc) is 2.81. The lowest BCUT2D eigenvalue weighted by molar-refractivity contribution is 0.335. The van der Waals surface area contributed by atoms with Crippen LogP contribution in [0, 0.1) is 0 Å². The molecule has 162 valence electrons. The van der Waals surface area contributed by atoms with E-state index in [1.165, 1.54) is 21.2 Å². The molecular formula is C28H30N2P2. The van der Waals surface area contributed by atoms with Crippen LogP contribution in [0.4, 0.5) is 0 Å². The maximum absolute atomic E-state index is 3.94. The number of rotatable bonds is 7. The van der Waals surface area contributed by atoms with Crippen molar-refractivity contribution in [3.63, 3.8) is 0 Å². The Bertz CT molecular complexity index is 920. The Morgan fingerprint density at radius 1 is 0.469 bits per heavy atom. The van der Waals surface area contributed by atoms with Gasteiger partial charge in [-0.15, -0.1) is 0 Å². The molecule has 4 aromatic carbocycles. The third-order valence-corrected chi connectivity index (χ3v) is 10.00. The summed E-state index contributed by atoms with van der Waals surface area (Å²) >= 11 is 0. The van der Waals surface area contributed by atoms with Gasteiger partial charge in [-0.2, -0.15) is 4.55 Å². The van der Waals surface area contributed by atoms with Crippen LogP contribution in [0.25, 0.3) is 0 Å². The van der Waals surface area contributed by atoms with E-state index >= 15 is 0 Å². The van der Waals surface area contributed by atoms with Gasteiger partial charge in [0, 0.05) is 21.7 Å². The molecule has 0 aliphatic heterocycles. The molecule has 0 heterocycles. The molecule has 0 radical (unpaired) electrons. The maximum Gasteiger partial charge on any atom is 0.0487 e. The van der Waals surface area contributed by atoms with Crippen molar-refractivity contribution in [3.8, 4) is 0 Å². The number of benzene rings is 4. The highest BCUT2D eigenvalue weighted by molar-refractivity contribution is 7.84. The van der Waals surface area contributed by atoms with Gasteiger partial charge in [0.15, 0.2) is 0 Å². The second-order valence-electron chi connectivity index (χ2n) is 8.62. The van der Waals surface area contributed by atoms with E-state index in [2.05, 4.69) is 152 Å². The molecule has 1 N–H and O–H groups in total. The molecule has 0 aromatic heterocycles. The zero-order valence-electron chi connectivity index (χ0n) is 18.9. The highest BCUT2D eigenvalue weighted by Crippen LogP contribution is 2.53. The van der Waals surface area contributed by atoms with E-state index in [0.717, 1.165) is 0 Å². The number of nitrogens with zero attached hydrogens (tertiary/aromatic N) is 1. The molecule has 0 unspecified atom stereocenters. The van der Waals surface area contributed by atoms with Crippen LogP contribution in [0.1, 0.15) is 20.8 Å². The van der Waals surface area contributed by atoms with Crippen LogP contribution in [0.15, 0.2) is 121 Å². The van der Waals surface area contributed by atoms with E-state index in [1.54, 1.807) is 0 Å². The summed E-state index contributed by atoms with van der Waals surface area (Å²) in [4.78, 5) is 0. The zero-order chi connectivity index (χ0) is 22.4. The van der Waals surface area contributed by atoms with Crippen LogP contribution in [-0.4, -0.2) is 10.1 Å². The fraction of sp³-hybridized carbons (Fsp3) is 0.143. The molecule has 32 heavy (non-hydrogen) atoms. The first-order valence-electron chi connectivity index (χ1n) is 10.9. The Kier molecular flexibility index (Phi) is 7.51. The van der Waals surface area contributed by atoms with Crippen LogP contribution in [0.2, 0.25) is 0 Å². The van der Waals surface area contributed by atoms with Crippen molar-refractivity contribution < 1.29 is 0 Å². The Morgan fingerprint density at radius 2 is 0.719 bits per heavy atom. The van der Waals surface area contributed by atoms with Crippen molar-refractivity contribution in [1.82, 2.24) is 9.98 Å². The summed E-state index contributed by atoms with van der Waals surface area (Å²) < 4.78 is 2.57. The van der Waals surface area contributed by atoms with E-state index in [0.29, 0.717) is 0 Å². The van der Waals surface area contributed by atoms with Gasteiger partial charge < -0.3 is 0 Å². The normalized spacial score (nSPS) is 11.9. The van der Waals surface area contributed by atoms with Crippen LogP contribution < -0.4 is 26.6 Å². The number of hydrogen-bond acceptors (Lipinski definition) is 2. The Labute approximate surface area is 194 Å². The minimum absolute atomic E-state index is 0.0890. The molecule has 4 heteroatoms. The quantitative estimate of drug-likeness (QED) is 0.284. The molecule has 0 aliphatic carbocycles. The van der Waals surface area contributed by atoms with Crippen LogP contribution >= 0.6 is 16.1 Å².